The maximum Gasteiger partial charge on any atom is 0.133 e. The van der Waals surface area contributed by atoms with Crippen LogP contribution in [0.1, 0.15) is 58.1 Å². The summed E-state index contributed by atoms with van der Waals surface area (Å²) in [6.45, 7) is 7.66. The summed E-state index contributed by atoms with van der Waals surface area (Å²) in [5.41, 5.74) is 7.29. The van der Waals surface area contributed by atoms with Crippen LogP contribution in [-0.2, 0) is 0 Å². The number of rotatable bonds is 5. The molecule has 2 rings (SSSR count). The Morgan fingerprint density at radius 2 is 2.00 bits per heavy atom. The zero-order valence-corrected chi connectivity index (χ0v) is 12.5. The first-order valence-corrected chi connectivity index (χ1v) is 7.56. The van der Waals surface area contributed by atoms with E-state index in [1.54, 1.807) is 0 Å². The fourth-order valence-electron chi connectivity index (χ4n) is 3.02. The topological polar surface area (TPSA) is 42.2 Å². The predicted molar refractivity (Wildman–Crippen MR) is 81.3 cm³/mol. The molecule has 0 radical (unpaired) electrons. The van der Waals surface area contributed by atoms with Crippen LogP contribution in [0.15, 0.2) is 18.3 Å². The van der Waals surface area contributed by atoms with Gasteiger partial charge in [-0.05, 0) is 31.7 Å². The minimum absolute atomic E-state index is 0.0414. The highest BCUT2D eigenvalue weighted by atomic mass is 15.2. The van der Waals surface area contributed by atoms with Gasteiger partial charge in [0.05, 0.1) is 0 Å². The number of hydrogen-bond acceptors (Lipinski definition) is 3. The second-order valence-electron chi connectivity index (χ2n) is 6.19. The van der Waals surface area contributed by atoms with E-state index in [-0.39, 0.29) is 6.04 Å². The SMILES string of the molecule is CC(C)CN(c1ncccc1[C@@H](C)N)C1CCCC1. The summed E-state index contributed by atoms with van der Waals surface area (Å²) in [6.07, 6.45) is 7.17. The Labute approximate surface area is 117 Å². The van der Waals surface area contributed by atoms with Crippen LogP contribution < -0.4 is 10.6 Å². The Bertz CT molecular complexity index is 395. The van der Waals surface area contributed by atoms with Crippen LogP contribution in [-0.4, -0.2) is 17.6 Å². The molecule has 0 saturated heterocycles. The predicted octanol–water partition coefficient (Wildman–Crippen LogP) is 3.51. The zero-order valence-electron chi connectivity index (χ0n) is 12.5. The Balaban J connectivity index is 2.31. The van der Waals surface area contributed by atoms with Crippen molar-refractivity contribution in [2.24, 2.45) is 11.7 Å². The Kier molecular flexibility index (Phi) is 4.81. The lowest BCUT2D eigenvalue weighted by Crippen LogP contribution is -2.38. The normalized spacial score (nSPS) is 17.9. The van der Waals surface area contributed by atoms with E-state index in [4.69, 9.17) is 5.73 Å². The van der Waals surface area contributed by atoms with Crippen LogP contribution in [0.3, 0.4) is 0 Å². The van der Waals surface area contributed by atoms with Gasteiger partial charge in [-0.2, -0.15) is 0 Å². The third-order valence-corrected chi connectivity index (χ3v) is 3.91. The maximum atomic E-state index is 6.12. The van der Waals surface area contributed by atoms with Crippen molar-refractivity contribution < 1.29 is 0 Å². The molecule has 0 bridgehead atoms. The van der Waals surface area contributed by atoms with Crippen molar-refractivity contribution in [1.29, 1.82) is 0 Å². The van der Waals surface area contributed by atoms with E-state index in [2.05, 4.69) is 29.8 Å². The van der Waals surface area contributed by atoms with E-state index < -0.39 is 0 Å². The molecule has 1 aliphatic carbocycles. The fraction of sp³-hybridized carbons (Fsp3) is 0.688. The van der Waals surface area contributed by atoms with Gasteiger partial charge in [0.2, 0.25) is 0 Å². The molecular formula is C16H27N3. The molecule has 3 nitrogen and oxygen atoms in total. The number of hydrogen-bond donors (Lipinski definition) is 1. The standard InChI is InChI=1S/C16H27N3/c1-12(2)11-19(14-7-4-5-8-14)16-15(13(3)17)9-6-10-18-16/h6,9-10,12-14H,4-5,7-8,11,17H2,1-3H3/t13-/m1/s1. The smallest absolute Gasteiger partial charge is 0.133 e. The lowest BCUT2D eigenvalue weighted by atomic mass is 10.1. The van der Waals surface area contributed by atoms with Gasteiger partial charge in [0.15, 0.2) is 0 Å². The number of aromatic nitrogens is 1. The van der Waals surface area contributed by atoms with Gasteiger partial charge in [-0.3, -0.25) is 0 Å². The summed E-state index contributed by atoms with van der Waals surface area (Å²) in [5, 5.41) is 0. The minimum Gasteiger partial charge on any atom is -0.353 e. The summed E-state index contributed by atoms with van der Waals surface area (Å²) in [7, 11) is 0. The molecular weight excluding hydrogens is 234 g/mol. The van der Waals surface area contributed by atoms with Crippen LogP contribution in [0, 0.1) is 5.92 Å². The molecule has 1 aromatic heterocycles. The van der Waals surface area contributed by atoms with Crippen molar-refractivity contribution in [1.82, 2.24) is 4.98 Å². The van der Waals surface area contributed by atoms with Crippen LogP contribution in [0.4, 0.5) is 5.82 Å². The summed E-state index contributed by atoms with van der Waals surface area (Å²) in [6, 6.07) is 4.80. The Hall–Kier alpha value is -1.09. The molecule has 1 aromatic rings. The van der Waals surface area contributed by atoms with Gasteiger partial charge < -0.3 is 10.6 Å². The summed E-state index contributed by atoms with van der Waals surface area (Å²) in [4.78, 5) is 7.15. The van der Waals surface area contributed by atoms with E-state index >= 15 is 0 Å². The largest absolute Gasteiger partial charge is 0.353 e. The maximum absolute atomic E-state index is 6.12. The molecule has 1 fully saturated rings. The highest BCUT2D eigenvalue weighted by Crippen LogP contribution is 2.31. The molecule has 0 aliphatic heterocycles. The molecule has 0 aromatic carbocycles. The molecule has 0 spiro atoms. The molecule has 1 heterocycles. The summed E-state index contributed by atoms with van der Waals surface area (Å²) >= 11 is 0. The van der Waals surface area contributed by atoms with E-state index in [0.29, 0.717) is 12.0 Å². The minimum atomic E-state index is 0.0414. The summed E-state index contributed by atoms with van der Waals surface area (Å²) in [5.74, 6) is 1.75. The first-order valence-electron chi connectivity index (χ1n) is 7.56. The molecule has 1 aliphatic rings. The lowest BCUT2D eigenvalue weighted by molar-refractivity contribution is 0.528. The quantitative estimate of drug-likeness (QED) is 0.882. The zero-order chi connectivity index (χ0) is 13.8. The first-order chi connectivity index (χ1) is 9.09. The number of pyridine rings is 1. The fourth-order valence-corrected chi connectivity index (χ4v) is 3.02. The second kappa shape index (κ2) is 6.38. The van der Waals surface area contributed by atoms with Crippen LogP contribution in [0.2, 0.25) is 0 Å². The Morgan fingerprint density at radius 1 is 1.32 bits per heavy atom. The van der Waals surface area contributed by atoms with Gasteiger partial charge in [0.1, 0.15) is 5.82 Å². The van der Waals surface area contributed by atoms with Gasteiger partial charge >= 0.3 is 0 Å². The van der Waals surface area contributed by atoms with Gasteiger partial charge in [-0.1, -0.05) is 32.8 Å². The van der Waals surface area contributed by atoms with Crippen LogP contribution in [0.25, 0.3) is 0 Å². The average molecular weight is 261 g/mol. The molecule has 0 amide bonds. The van der Waals surface area contributed by atoms with Crippen molar-refractivity contribution >= 4 is 5.82 Å². The summed E-state index contributed by atoms with van der Waals surface area (Å²) < 4.78 is 0. The van der Waals surface area contributed by atoms with Crippen LogP contribution >= 0.6 is 0 Å². The molecule has 3 heteroatoms. The number of nitrogens with two attached hydrogens (primary N) is 1. The average Bonchev–Trinajstić information content (AvgIpc) is 2.89. The monoisotopic (exact) mass is 261 g/mol. The van der Waals surface area contributed by atoms with Crippen molar-refractivity contribution in [3.8, 4) is 0 Å². The van der Waals surface area contributed by atoms with Crippen molar-refractivity contribution in [2.45, 2.75) is 58.5 Å². The molecule has 1 atom stereocenters. The van der Waals surface area contributed by atoms with Crippen molar-refractivity contribution in [2.75, 3.05) is 11.4 Å². The van der Waals surface area contributed by atoms with Gasteiger partial charge in [0, 0.05) is 30.4 Å². The molecule has 2 N–H and O–H groups in total. The lowest BCUT2D eigenvalue weighted by Gasteiger charge is -2.33. The molecule has 106 valence electrons. The molecule has 0 unspecified atom stereocenters. The van der Waals surface area contributed by atoms with Crippen LogP contribution in [0.5, 0.6) is 0 Å². The highest BCUT2D eigenvalue weighted by molar-refractivity contribution is 5.49. The number of nitrogens with zero attached hydrogens (tertiary/aromatic N) is 2. The van der Waals surface area contributed by atoms with E-state index in [1.165, 1.54) is 31.2 Å². The van der Waals surface area contributed by atoms with E-state index in [9.17, 15) is 0 Å². The van der Waals surface area contributed by atoms with E-state index in [0.717, 1.165) is 12.4 Å². The van der Waals surface area contributed by atoms with E-state index in [1.807, 2.05) is 19.2 Å². The van der Waals surface area contributed by atoms with Crippen molar-refractivity contribution in [3.63, 3.8) is 0 Å². The van der Waals surface area contributed by atoms with Gasteiger partial charge in [-0.25, -0.2) is 4.98 Å². The third-order valence-electron chi connectivity index (χ3n) is 3.91. The van der Waals surface area contributed by atoms with Gasteiger partial charge in [0.25, 0.3) is 0 Å². The van der Waals surface area contributed by atoms with Gasteiger partial charge in [-0.15, -0.1) is 0 Å². The molecule has 19 heavy (non-hydrogen) atoms. The first kappa shape index (κ1) is 14.3. The number of anilines is 1. The van der Waals surface area contributed by atoms with Crippen molar-refractivity contribution in [3.05, 3.63) is 23.9 Å². The molecule has 1 saturated carbocycles. The Morgan fingerprint density at radius 3 is 2.58 bits per heavy atom. The third kappa shape index (κ3) is 3.47. The highest BCUT2D eigenvalue weighted by Gasteiger charge is 2.26. The second-order valence-corrected chi connectivity index (χ2v) is 6.19.